The fraction of sp³-hybridized carbons (Fsp3) is 0.400. The van der Waals surface area contributed by atoms with Crippen molar-refractivity contribution in [3.05, 3.63) is 46.1 Å². The third-order valence-corrected chi connectivity index (χ3v) is 4.80. The van der Waals surface area contributed by atoms with E-state index in [0.717, 1.165) is 11.3 Å². The number of hydrogen-bond donors (Lipinski definition) is 0. The second-order valence-corrected chi connectivity index (χ2v) is 6.65. The smallest absolute Gasteiger partial charge is 0.189 e. The number of nitrogens with zero attached hydrogens (tertiary/aromatic N) is 1. The van der Waals surface area contributed by atoms with Crippen LogP contribution in [0.2, 0.25) is 0 Å². The Labute approximate surface area is 129 Å². The van der Waals surface area contributed by atoms with E-state index in [4.69, 9.17) is 14.0 Å². The fourth-order valence-electron chi connectivity index (χ4n) is 2.46. The highest BCUT2D eigenvalue weighted by molar-refractivity contribution is 7.83. The van der Waals surface area contributed by atoms with Crippen LogP contribution in [-0.2, 0) is 33.6 Å². The van der Waals surface area contributed by atoms with Gasteiger partial charge in [-0.05, 0) is 26.0 Å². The van der Waals surface area contributed by atoms with Gasteiger partial charge in [-0.15, -0.1) is 0 Å². The van der Waals surface area contributed by atoms with E-state index in [1.54, 1.807) is 6.92 Å². The Balaban J connectivity index is 1.81. The second kappa shape index (κ2) is 6.18. The lowest BCUT2D eigenvalue weighted by molar-refractivity contribution is -0.0171. The van der Waals surface area contributed by atoms with Crippen LogP contribution in [0.1, 0.15) is 28.1 Å². The molecule has 0 radical (unpaired) electrons. The summed E-state index contributed by atoms with van der Waals surface area (Å²) in [5.74, 6) is 1.40. The molecule has 0 saturated carbocycles. The molecule has 0 fully saturated rings. The van der Waals surface area contributed by atoms with Crippen molar-refractivity contribution in [3.8, 4) is 5.75 Å². The second-order valence-electron chi connectivity index (χ2n) is 5.20. The van der Waals surface area contributed by atoms with E-state index in [1.807, 2.05) is 6.92 Å². The summed E-state index contributed by atoms with van der Waals surface area (Å²) in [6.07, 6.45) is 0. The number of rotatable bonds is 4. The number of aryl methyl sites for hydroxylation is 2. The molecule has 1 aliphatic heterocycles. The van der Waals surface area contributed by atoms with Crippen molar-refractivity contribution >= 4 is 10.8 Å². The molecule has 7 heteroatoms. The Morgan fingerprint density at radius 1 is 1.32 bits per heavy atom. The maximum atomic E-state index is 13.7. The zero-order valence-corrected chi connectivity index (χ0v) is 13.2. The minimum absolute atomic E-state index is 0.127. The summed E-state index contributed by atoms with van der Waals surface area (Å²) < 4.78 is 41.7. The first-order valence-corrected chi connectivity index (χ1v) is 8.32. The highest BCUT2D eigenvalue weighted by atomic mass is 32.2. The molecule has 1 aliphatic rings. The van der Waals surface area contributed by atoms with Crippen LogP contribution in [0, 0.1) is 19.7 Å². The van der Waals surface area contributed by atoms with Crippen LogP contribution >= 0.6 is 0 Å². The van der Waals surface area contributed by atoms with Crippen molar-refractivity contribution in [2.45, 2.75) is 32.0 Å². The molecule has 22 heavy (non-hydrogen) atoms. The number of hydrogen-bond acceptors (Lipinski definition) is 5. The SMILES string of the molecule is Cc1noc(C)c1C[S@](=O)Cc1cc(F)cc2c1OCOC2. The van der Waals surface area contributed by atoms with E-state index in [1.165, 1.54) is 12.1 Å². The number of aromatic nitrogens is 1. The van der Waals surface area contributed by atoms with Crippen LogP contribution < -0.4 is 4.74 Å². The lowest BCUT2D eigenvalue weighted by atomic mass is 10.1. The van der Waals surface area contributed by atoms with Gasteiger partial charge in [-0.1, -0.05) is 5.16 Å². The third-order valence-electron chi connectivity index (χ3n) is 3.55. The molecular formula is C15H16FNO4S. The summed E-state index contributed by atoms with van der Waals surface area (Å²) in [5.41, 5.74) is 2.82. The van der Waals surface area contributed by atoms with Gasteiger partial charge < -0.3 is 14.0 Å². The molecule has 0 aliphatic carbocycles. The maximum absolute atomic E-state index is 13.7. The van der Waals surface area contributed by atoms with Crippen LogP contribution in [-0.4, -0.2) is 16.2 Å². The fourth-order valence-corrected chi connectivity index (χ4v) is 3.85. The number of ether oxygens (including phenoxy) is 2. The molecule has 0 amide bonds. The van der Waals surface area contributed by atoms with Gasteiger partial charge in [-0.2, -0.15) is 0 Å². The van der Waals surface area contributed by atoms with Crippen molar-refractivity contribution in [1.82, 2.24) is 5.16 Å². The zero-order chi connectivity index (χ0) is 15.7. The Morgan fingerprint density at radius 3 is 2.86 bits per heavy atom. The Kier molecular flexibility index (Phi) is 4.26. The molecule has 2 heterocycles. The molecule has 3 rings (SSSR count). The van der Waals surface area contributed by atoms with Crippen molar-refractivity contribution < 1.29 is 22.6 Å². The zero-order valence-electron chi connectivity index (χ0n) is 12.3. The minimum Gasteiger partial charge on any atom is -0.467 e. The molecule has 0 spiro atoms. The molecule has 0 N–H and O–H groups in total. The van der Waals surface area contributed by atoms with E-state index in [-0.39, 0.29) is 18.4 Å². The average Bonchev–Trinajstić information content (AvgIpc) is 2.79. The number of benzene rings is 1. The number of halogens is 1. The first kappa shape index (κ1) is 15.2. The Hall–Kier alpha value is -1.73. The molecular weight excluding hydrogens is 309 g/mol. The van der Waals surface area contributed by atoms with Gasteiger partial charge >= 0.3 is 0 Å². The van der Waals surface area contributed by atoms with Crippen molar-refractivity contribution in [2.24, 2.45) is 0 Å². The summed E-state index contributed by atoms with van der Waals surface area (Å²) in [6.45, 7) is 4.03. The third kappa shape index (κ3) is 3.05. The van der Waals surface area contributed by atoms with Gasteiger partial charge in [0.05, 0.1) is 23.8 Å². The summed E-state index contributed by atoms with van der Waals surface area (Å²) in [5, 5.41) is 3.85. The summed E-state index contributed by atoms with van der Waals surface area (Å²) >= 11 is 0. The van der Waals surface area contributed by atoms with E-state index < -0.39 is 10.8 Å². The highest BCUT2D eigenvalue weighted by Crippen LogP contribution is 2.30. The van der Waals surface area contributed by atoms with Crippen LogP contribution in [0.3, 0.4) is 0 Å². The highest BCUT2D eigenvalue weighted by Gasteiger charge is 2.20. The summed E-state index contributed by atoms with van der Waals surface area (Å²) in [4.78, 5) is 0. The van der Waals surface area contributed by atoms with E-state index in [2.05, 4.69) is 5.16 Å². The van der Waals surface area contributed by atoms with E-state index >= 15 is 0 Å². The lowest BCUT2D eigenvalue weighted by Gasteiger charge is -2.20. The van der Waals surface area contributed by atoms with Gasteiger partial charge in [0.25, 0.3) is 0 Å². The standard InChI is InChI=1S/C15H16FNO4S/c1-9-14(10(2)21-17-9)7-22(18)6-12-4-13(16)3-11-5-19-8-20-15(11)12/h3-4H,5-8H2,1-2H3/t22-/m1/s1. The van der Waals surface area contributed by atoms with Crippen molar-refractivity contribution in [2.75, 3.05) is 6.79 Å². The first-order valence-electron chi connectivity index (χ1n) is 6.83. The molecule has 1 atom stereocenters. The number of fused-ring (bicyclic) bond motifs is 1. The topological polar surface area (TPSA) is 61.6 Å². The Morgan fingerprint density at radius 2 is 2.14 bits per heavy atom. The predicted molar refractivity (Wildman–Crippen MR) is 78.2 cm³/mol. The first-order chi connectivity index (χ1) is 10.5. The molecule has 2 aromatic rings. The van der Waals surface area contributed by atoms with Crippen LogP contribution in [0.5, 0.6) is 5.75 Å². The van der Waals surface area contributed by atoms with E-state index in [9.17, 15) is 8.60 Å². The van der Waals surface area contributed by atoms with Gasteiger partial charge in [0, 0.05) is 27.5 Å². The molecule has 1 aromatic heterocycles. The van der Waals surface area contributed by atoms with Gasteiger partial charge in [-0.3, -0.25) is 4.21 Å². The quantitative estimate of drug-likeness (QED) is 0.865. The molecule has 0 bridgehead atoms. The monoisotopic (exact) mass is 325 g/mol. The minimum atomic E-state index is -1.21. The van der Waals surface area contributed by atoms with Gasteiger partial charge in [0.1, 0.15) is 17.3 Å². The lowest BCUT2D eigenvalue weighted by Crippen LogP contribution is -2.14. The van der Waals surface area contributed by atoms with Gasteiger partial charge in [0.2, 0.25) is 0 Å². The maximum Gasteiger partial charge on any atom is 0.189 e. The predicted octanol–water partition coefficient (Wildman–Crippen LogP) is 2.75. The van der Waals surface area contributed by atoms with E-state index in [0.29, 0.717) is 35.0 Å². The van der Waals surface area contributed by atoms with Crippen LogP contribution in [0.25, 0.3) is 0 Å². The normalized spacial score (nSPS) is 15.2. The molecule has 0 saturated heterocycles. The molecule has 1 aromatic carbocycles. The molecule has 118 valence electrons. The Bertz CT molecular complexity index is 709. The van der Waals surface area contributed by atoms with Crippen molar-refractivity contribution in [1.29, 1.82) is 0 Å². The summed E-state index contributed by atoms with van der Waals surface area (Å²) in [6, 6.07) is 2.75. The summed E-state index contributed by atoms with van der Waals surface area (Å²) in [7, 11) is -1.21. The molecule has 5 nitrogen and oxygen atoms in total. The van der Waals surface area contributed by atoms with Gasteiger partial charge in [0.15, 0.2) is 6.79 Å². The average molecular weight is 325 g/mol. The molecule has 0 unspecified atom stereocenters. The van der Waals surface area contributed by atoms with Crippen LogP contribution in [0.15, 0.2) is 16.7 Å². The van der Waals surface area contributed by atoms with Gasteiger partial charge in [-0.25, -0.2) is 4.39 Å². The van der Waals surface area contributed by atoms with Crippen LogP contribution in [0.4, 0.5) is 4.39 Å². The van der Waals surface area contributed by atoms with Crippen molar-refractivity contribution in [3.63, 3.8) is 0 Å². The largest absolute Gasteiger partial charge is 0.467 e.